The third kappa shape index (κ3) is 6.29. The molecule has 2 N–H and O–H groups in total. The number of fused-ring (bicyclic) bond motifs is 1. The number of rotatable bonds is 7. The van der Waals surface area contributed by atoms with Crippen molar-refractivity contribution in [1.82, 2.24) is 14.9 Å². The molecule has 1 aromatic carbocycles. The second kappa shape index (κ2) is 11.9. The minimum Gasteiger partial charge on any atom is -0.497 e. The normalized spacial score (nSPS) is 15.1. The zero-order chi connectivity index (χ0) is 30.0. The second-order valence-electron chi connectivity index (χ2n) is 10.9. The topological polar surface area (TPSA) is 114 Å². The zero-order valence-electron chi connectivity index (χ0n) is 23.6. The van der Waals surface area contributed by atoms with Crippen molar-refractivity contribution < 1.29 is 19.1 Å². The second-order valence-corrected chi connectivity index (χ2v) is 12.4. The number of carbonyl (C=O) groups is 3. The van der Waals surface area contributed by atoms with Crippen molar-refractivity contribution in [3.63, 3.8) is 0 Å². The van der Waals surface area contributed by atoms with Gasteiger partial charge in [0, 0.05) is 42.0 Å². The highest BCUT2D eigenvalue weighted by Gasteiger charge is 2.38. The lowest BCUT2D eigenvalue weighted by atomic mass is 9.94. The predicted octanol–water partition coefficient (Wildman–Crippen LogP) is 5.96. The van der Waals surface area contributed by atoms with E-state index in [2.05, 4.69) is 41.4 Å². The van der Waals surface area contributed by atoms with E-state index in [0.29, 0.717) is 33.4 Å². The number of hydrogen-bond acceptors (Lipinski definition) is 7. The summed E-state index contributed by atoms with van der Waals surface area (Å²) in [5.41, 5.74) is 1.92. The zero-order valence-corrected chi connectivity index (χ0v) is 25.2. The Hall–Kier alpha value is -4.28. The molecule has 3 amide bonds. The number of anilines is 2. The Balaban J connectivity index is 1.45. The molecular weight excluding hydrogens is 574 g/mol. The molecule has 0 fully saturated rings. The molecule has 0 radical (unpaired) electrons. The van der Waals surface area contributed by atoms with Gasteiger partial charge in [-0.2, -0.15) is 0 Å². The molecule has 11 heteroatoms. The van der Waals surface area contributed by atoms with Crippen LogP contribution < -0.4 is 15.4 Å². The first-order chi connectivity index (χ1) is 20.0. The summed E-state index contributed by atoms with van der Waals surface area (Å²) < 4.78 is 5.18. The predicted molar refractivity (Wildman–Crippen MR) is 163 cm³/mol. The van der Waals surface area contributed by atoms with E-state index in [1.54, 1.807) is 47.5 Å². The number of ether oxygens (including phenoxy) is 1. The number of methoxy groups -OCH3 is 1. The lowest BCUT2D eigenvalue weighted by Crippen LogP contribution is -2.46. The maximum atomic E-state index is 14.1. The average molecular weight is 604 g/mol. The molecule has 4 aromatic rings. The molecule has 1 aliphatic rings. The monoisotopic (exact) mass is 603 g/mol. The van der Waals surface area contributed by atoms with Crippen LogP contribution in [0.5, 0.6) is 5.75 Å². The van der Waals surface area contributed by atoms with Crippen molar-refractivity contribution >= 4 is 52.2 Å². The number of nitrogens with zero attached hydrogens (tertiary/aromatic N) is 3. The Morgan fingerprint density at radius 1 is 1.10 bits per heavy atom. The standard InChI is InChI=1S/C31H30ClN5O4S/c1-31(2,3)25-16-23-27(42-25)30(40)37(24(29(39)35-23)14-19-7-5-6-11-33-19)17-18-8-9-21(22(32)13-18)28(38)36-26-15-20(41-4)10-12-34-26/h5-13,15-16,24H,14,17H2,1-4H3,(H,35,39)(H,34,36,38). The van der Waals surface area contributed by atoms with Crippen LogP contribution in [0.1, 0.15) is 56.9 Å². The molecule has 42 heavy (non-hydrogen) atoms. The van der Waals surface area contributed by atoms with Crippen molar-refractivity contribution in [1.29, 1.82) is 0 Å². The number of amides is 3. The number of carbonyl (C=O) groups excluding carboxylic acids is 3. The van der Waals surface area contributed by atoms with Gasteiger partial charge in [0.15, 0.2) is 0 Å². The lowest BCUT2D eigenvalue weighted by molar-refractivity contribution is -0.120. The molecule has 0 aliphatic carbocycles. The van der Waals surface area contributed by atoms with Gasteiger partial charge >= 0.3 is 0 Å². The molecule has 0 bridgehead atoms. The first-order valence-electron chi connectivity index (χ1n) is 13.3. The van der Waals surface area contributed by atoms with Crippen LogP contribution in [-0.2, 0) is 23.2 Å². The third-order valence-electron chi connectivity index (χ3n) is 6.83. The minimum absolute atomic E-state index is 0.102. The average Bonchev–Trinajstić information content (AvgIpc) is 3.36. The number of nitrogens with one attached hydrogen (secondary N) is 2. The van der Waals surface area contributed by atoms with Gasteiger partial charge in [0.2, 0.25) is 5.91 Å². The Morgan fingerprint density at radius 2 is 1.90 bits per heavy atom. The summed E-state index contributed by atoms with van der Waals surface area (Å²) >= 11 is 7.95. The Morgan fingerprint density at radius 3 is 2.60 bits per heavy atom. The number of aromatic nitrogens is 2. The lowest BCUT2D eigenvalue weighted by Gasteiger charge is -2.29. The van der Waals surface area contributed by atoms with Crippen LogP contribution >= 0.6 is 22.9 Å². The largest absolute Gasteiger partial charge is 0.497 e. The molecular formula is C31H30ClN5O4S. The van der Waals surface area contributed by atoms with Crippen molar-refractivity contribution in [3.05, 3.63) is 98.6 Å². The van der Waals surface area contributed by atoms with Crippen LogP contribution in [0.15, 0.2) is 67.0 Å². The molecule has 1 atom stereocenters. The first-order valence-corrected chi connectivity index (χ1v) is 14.5. The van der Waals surface area contributed by atoms with Gasteiger partial charge in [-0.05, 0) is 47.4 Å². The van der Waals surface area contributed by atoms with Gasteiger partial charge < -0.3 is 20.3 Å². The SMILES string of the molecule is COc1ccnc(NC(=O)c2ccc(CN3C(=O)c4sc(C(C)(C)C)cc4NC(=O)C3Cc3ccccn3)cc2Cl)c1. The fourth-order valence-electron chi connectivity index (χ4n) is 4.57. The van der Waals surface area contributed by atoms with Crippen LogP contribution in [0.2, 0.25) is 5.02 Å². The van der Waals surface area contributed by atoms with Gasteiger partial charge in [0.25, 0.3) is 11.8 Å². The van der Waals surface area contributed by atoms with Crippen LogP contribution in [0, 0.1) is 0 Å². The van der Waals surface area contributed by atoms with Gasteiger partial charge in [-0.1, -0.05) is 44.5 Å². The van der Waals surface area contributed by atoms with E-state index in [0.717, 1.165) is 4.88 Å². The summed E-state index contributed by atoms with van der Waals surface area (Å²) in [4.78, 5) is 52.2. The van der Waals surface area contributed by atoms with Gasteiger partial charge in [-0.3, -0.25) is 19.4 Å². The minimum atomic E-state index is -0.814. The molecule has 0 saturated heterocycles. The van der Waals surface area contributed by atoms with Crippen molar-refractivity contribution in [2.24, 2.45) is 0 Å². The van der Waals surface area contributed by atoms with Crippen LogP contribution in [0.3, 0.4) is 0 Å². The van der Waals surface area contributed by atoms with Crippen LogP contribution in [0.25, 0.3) is 0 Å². The number of halogens is 1. The van der Waals surface area contributed by atoms with E-state index in [4.69, 9.17) is 16.3 Å². The maximum absolute atomic E-state index is 14.1. The molecule has 9 nitrogen and oxygen atoms in total. The number of pyridine rings is 2. The molecule has 4 heterocycles. The fourth-order valence-corrected chi connectivity index (χ4v) is 5.99. The summed E-state index contributed by atoms with van der Waals surface area (Å²) in [5, 5.41) is 5.91. The summed E-state index contributed by atoms with van der Waals surface area (Å²) in [6.07, 6.45) is 3.42. The Labute approximate surface area is 252 Å². The van der Waals surface area contributed by atoms with Gasteiger partial charge in [-0.15, -0.1) is 11.3 Å². The molecule has 0 saturated carbocycles. The number of thiophene rings is 1. The highest BCUT2D eigenvalue weighted by molar-refractivity contribution is 7.14. The quantitative estimate of drug-likeness (QED) is 0.270. The Bertz CT molecular complexity index is 1650. The first kappa shape index (κ1) is 29.2. The Kier molecular flexibility index (Phi) is 8.29. The van der Waals surface area contributed by atoms with Gasteiger partial charge in [-0.25, -0.2) is 4.98 Å². The summed E-state index contributed by atoms with van der Waals surface area (Å²) in [6, 6.07) is 14.8. The van der Waals surface area contributed by atoms with E-state index in [9.17, 15) is 14.4 Å². The number of hydrogen-bond donors (Lipinski definition) is 2. The number of benzene rings is 1. The fraction of sp³-hybridized carbons (Fsp3) is 0.258. The molecule has 0 spiro atoms. The third-order valence-corrected chi connectivity index (χ3v) is 8.69. The van der Waals surface area contributed by atoms with E-state index in [-0.39, 0.29) is 40.8 Å². The molecule has 5 rings (SSSR count). The summed E-state index contributed by atoms with van der Waals surface area (Å²) in [5.74, 6) is -0.120. The molecule has 1 aliphatic heterocycles. The molecule has 3 aromatic heterocycles. The molecule has 1 unspecified atom stereocenters. The van der Waals surface area contributed by atoms with E-state index in [1.807, 2.05) is 18.2 Å². The van der Waals surface area contributed by atoms with Crippen molar-refractivity contribution in [2.45, 2.75) is 45.2 Å². The van der Waals surface area contributed by atoms with E-state index >= 15 is 0 Å². The summed E-state index contributed by atoms with van der Waals surface area (Å²) in [7, 11) is 1.53. The van der Waals surface area contributed by atoms with Crippen molar-refractivity contribution in [3.8, 4) is 5.75 Å². The summed E-state index contributed by atoms with van der Waals surface area (Å²) in [6.45, 7) is 6.30. The van der Waals surface area contributed by atoms with E-state index < -0.39 is 11.9 Å². The highest BCUT2D eigenvalue weighted by Crippen LogP contribution is 2.38. The van der Waals surface area contributed by atoms with Gasteiger partial charge in [0.1, 0.15) is 22.5 Å². The molecule has 216 valence electrons. The van der Waals surface area contributed by atoms with E-state index in [1.165, 1.54) is 24.6 Å². The van der Waals surface area contributed by atoms with Gasteiger partial charge in [0.05, 0.1) is 23.4 Å². The van der Waals surface area contributed by atoms with Crippen LogP contribution in [0.4, 0.5) is 11.5 Å². The smallest absolute Gasteiger partial charge is 0.267 e. The maximum Gasteiger partial charge on any atom is 0.267 e. The van der Waals surface area contributed by atoms with Crippen LogP contribution in [-0.4, -0.2) is 45.7 Å². The highest BCUT2D eigenvalue weighted by atomic mass is 35.5. The van der Waals surface area contributed by atoms with Crippen molar-refractivity contribution in [2.75, 3.05) is 17.7 Å².